The van der Waals surface area contributed by atoms with Crippen LogP contribution in [0.2, 0.25) is 5.02 Å². The van der Waals surface area contributed by atoms with Crippen molar-refractivity contribution in [2.45, 2.75) is 6.18 Å². The maximum atomic E-state index is 12.2. The van der Waals surface area contributed by atoms with Gasteiger partial charge in [0.15, 0.2) is 0 Å². The third-order valence-electron chi connectivity index (χ3n) is 1.50. The number of hydrogen-bond acceptors (Lipinski definition) is 1. The van der Waals surface area contributed by atoms with E-state index in [1.165, 1.54) is 0 Å². The van der Waals surface area contributed by atoms with Crippen LogP contribution in [0.1, 0.15) is 15.9 Å². The first-order chi connectivity index (χ1) is 6.32. The lowest BCUT2D eigenvalue weighted by Gasteiger charge is -2.08. The van der Waals surface area contributed by atoms with Gasteiger partial charge in [0.2, 0.25) is 0 Å². The molecule has 0 aromatic heterocycles. The van der Waals surface area contributed by atoms with Crippen LogP contribution in [-0.4, -0.2) is 6.04 Å². The summed E-state index contributed by atoms with van der Waals surface area (Å²) in [5.41, 5.74) is -1.88. The zero-order chi connectivity index (χ0) is 10.9. The molecular formula is C8H3ClF4O. The number of hydrogen-bond donors (Lipinski definition) is 0. The maximum Gasteiger partial charge on any atom is 0.417 e. The van der Waals surface area contributed by atoms with E-state index in [0.29, 0.717) is 6.07 Å². The fraction of sp³-hybridized carbons (Fsp3) is 0.125. The highest BCUT2D eigenvalue weighted by Gasteiger charge is 2.33. The van der Waals surface area contributed by atoms with Gasteiger partial charge in [0.1, 0.15) is 0 Å². The first-order valence-corrected chi connectivity index (χ1v) is 3.77. The summed E-state index contributed by atoms with van der Waals surface area (Å²) in [4.78, 5) is 10.2. The Morgan fingerprint density at radius 1 is 1.29 bits per heavy atom. The summed E-state index contributed by atoms with van der Waals surface area (Å²) in [6.07, 6.45) is -4.69. The Hall–Kier alpha value is -1.10. The molecule has 76 valence electrons. The Bertz CT molecular complexity index is 372. The molecule has 0 saturated carbocycles. The molecule has 0 saturated heterocycles. The van der Waals surface area contributed by atoms with Crippen LogP contribution in [-0.2, 0) is 6.18 Å². The van der Waals surface area contributed by atoms with Crippen molar-refractivity contribution in [3.05, 3.63) is 34.3 Å². The van der Waals surface area contributed by atoms with Crippen LogP contribution in [0.3, 0.4) is 0 Å². The molecule has 1 aromatic rings. The standard InChI is InChI=1S/C8H3ClF4O/c9-6-2-1-4(7(10)14)3-5(6)8(11,12)13/h1-3H. The van der Waals surface area contributed by atoms with Crippen molar-refractivity contribution >= 4 is 17.6 Å². The number of alkyl halides is 3. The molecule has 1 nitrogen and oxygen atoms in total. The zero-order valence-corrected chi connectivity index (χ0v) is 7.29. The fourth-order valence-corrected chi connectivity index (χ4v) is 1.09. The fourth-order valence-electron chi connectivity index (χ4n) is 0.865. The van der Waals surface area contributed by atoms with Gasteiger partial charge < -0.3 is 0 Å². The first kappa shape index (κ1) is 11.0. The summed E-state index contributed by atoms with van der Waals surface area (Å²) in [5.74, 6) is 0. The van der Waals surface area contributed by atoms with Crippen molar-refractivity contribution in [3.8, 4) is 0 Å². The third kappa shape index (κ3) is 2.23. The number of rotatable bonds is 1. The first-order valence-electron chi connectivity index (χ1n) is 3.39. The van der Waals surface area contributed by atoms with E-state index in [1.54, 1.807) is 0 Å². The molecule has 0 unspecified atom stereocenters. The maximum absolute atomic E-state index is 12.2. The van der Waals surface area contributed by atoms with E-state index < -0.39 is 28.4 Å². The van der Waals surface area contributed by atoms with Crippen molar-refractivity contribution < 1.29 is 22.4 Å². The smallest absolute Gasteiger partial charge is 0.255 e. The Morgan fingerprint density at radius 3 is 2.29 bits per heavy atom. The van der Waals surface area contributed by atoms with E-state index in [4.69, 9.17) is 11.6 Å². The molecule has 6 heteroatoms. The van der Waals surface area contributed by atoms with Gasteiger partial charge in [-0.3, -0.25) is 4.79 Å². The minimum atomic E-state index is -4.69. The average Bonchev–Trinajstić information content (AvgIpc) is 2.02. The van der Waals surface area contributed by atoms with Gasteiger partial charge in [0.25, 0.3) is 0 Å². The molecule has 0 aliphatic carbocycles. The van der Waals surface area contributed by atoms with E-state index in [2.05, 4.69) is 0 Å². The third-order valence-corrected chi connectivity index (χ3v) is 1.83. The topological polar surface area (TPSA) is 17.1 Å². The van der Waals surface area contributed by atoms with E-state index in [0.717, 1.165) is 12.1 Å². The molecule has 0 bridgehead atoms. The van der Waals surface area contributed by atoms with Crippen molar-refractivity contribution in [1.82, 2.24) is 0 Å². The van der Waals surface area contributed by atoms with Crippen LogP contribution < -0.4 is 0 Å². The molecule has 1 rings (SSSR count). The number of carbonyl (C=O) groups excluding carboxylic acids is 1. The second-order valence-corrected chi connectivity index (χ2v) is 2.87. The zero-order valence-electron chi connectivity index (χ0n) is 6.53. The molecule has 0 radical (unpaired) electrons. The second-order valence-electron chi connectivity index (χ2n) is 2.47. The quantitative estimate of drug-likeness (QED) is 0.529. The summed E-state index contributed by atoms with van der Waals surface area (Å²) in [6, 6.07) is 0.175. The molecule has 0 aliphatic heterocycles. The molecule has 0 aliphatic rings. The highest BCUT2D eigenvalue weighted by atomic mass is 35.5. The highest BCUT2D eigenvalue weighted by molar-refractivity contribution is 6.31. The van der Waals surface area contributed by atoms with Crippen LogP contribution in [0.4, 0.5) is 17.6 Å². The minimum Gasteiger partial charge on any atom is -0.255 e. The van der Waals surface area contributed by atoms with Crippen LogP contribution in [0, 0.1) is 0 Å². The molecule has 0 spiro atoms. The molecular weight excluding hydrogens is 224 g/mol. The van der Waals surface area contributed by atoms with Gasteiger partial charge in [-0.2, -0.15) is 17.6 Å². The van der Waals surface area contributed by atoms with Crippen molar-refractivity contribution in [1.29, 1.82) is 0 Å². The summed E-state index contributed by atoms with van der Waals surface area (Å²) in [7, 11) is 0. The lowest BCUT2D eigenvalue weighted by Crippen LogP contribution is -2.07. The predicted molar refractivity (Wildman–Crippen MR) is 41.9 cm³/mol. The van der Waals surface area contributed by atoms with Gasteiger partial charge in [0, 0.05) is 0 Å². The average molecular weight is 227 g/mol. The molecule has 0 N–H and O–H groups in total. The molecule has 1 aromatic carbocycles. The Labute approximate surface area is 81.3 Å². The lowest BCUT2D eigenvalue weighted by molar-refractivity contribution is -0.137. The van der Waals surface area contributed by atoms with Crippen molar-refractivity contribution in [2.24, 2.45) is 0 Å². The van der Waals surface area contributed by atoms with Gasteiger partial charge in [-0.15, -0.1) is 0 Å². The summed E-state index contributed by atoms with van der Waals surface area (Å²) >= 11 is 5.23. The van der Waals surface area contributed by atoms with Crippen molar-refractivity contribution in [3.63, 3.8) is 0 Å². The van der Waals surface area contributed by atoms with Crippen LogP contribution in [0.25, 0.3) is 0 Å². The van der Waals surface area contributed by atoms with E-state index in [-0.39, 0.29) is 0 Å². The number of benzene rings is 1. The monoisotopic (exact) mass is 226 g/mol. The Kier molecular flexibility index (Phi) is 2.80. The predicted octanol–water partition coefficient (Wildman–Crippen LogP) is 3.47. The number of halogens is 5. The van der Waals surface area contributed by atoms with Gasteiger partial charge in [-0.1, -0.05) is 11.6 Å². The van der Waals surface area contributed by atoms with E-state index >= 15 is 0 Å². The minimum absolute atomic E-state index is 0.380. The van der Waals surface area contributed by atoms with Gasteiger partial charge in [-0.25, -0.2) is 0 Å². The van der Waals surface area contributed by atoms with Crippen LogP contribution in [0.15, 0.2) is 18.2 Å². The largest absolute Gasteiger partial charge is 0.417 e. The molecule has 0 atom stereocenters. The van der Waals surface area contributed by atoms with Gasteiger partial charge in [-0.05, 0) is 18.2 Å². The molecule has 0 amide bonds. The summed E-state index contributed by atoms with van der Waals surface area (Å²) in [6.45, 7) is 0. The van der Waals surface area contributed by atoms with Gasteiger partial charge in [0.05, 0.1) is 16.1 Å². The summed E-state index contributed by atoms with van der Waals surface area (Å²) in [5, 5.41) is -0.567. The second kappa shape index (κ2) is 3.57. The van der Waals surface area contributed by atoms with E-state index in [1.807, 2.05) is 0 Å². The van der Waals surface area contributed by atoms with Gasteiger partial charge >= 0.3 is 12.2 Å². The SMILES string of the molecule is O=C(F)c1ccc(Cl)c(C(F)(F)F)c1. The molecule has 14 heavy (non-hydrogen) atoms. The Morgan fingerprint density at radius 2 is 1.86 bits per heavy atom. The highest BCUT2D eigenvalue weighted by Crippen LogP contribution is 2.35. The van der Waals surface area contributed by atoms with Crippen LogP contribution in [0.5, 0.6) is 0 Å². The van der Waals surface area contributed by atoms with Crippen molar-refractivity contribution in [2.75, 3.05) is 0 Å². The summed E-state index contributed by atoms with van der Waals surface area (Å²) < 4.78 is 48.6. The number of carbonyl (C=O) groups is 1. The van der Waals surface area contributed by atoms with Crippen LogP contribution >= 0.6 is 11.6 Å². The normalized spacial score (nSPS) is 11.5. The molecule has 0 fully saturated rings. The Balaban J connectivity index is 3.29. The lowest BCUT2D eigenvalue weighted by atomic mass is 10.1. The molecule has 0 heterocycles. The van der Waals surface area contributed by atoms with E-state index in [9.17, 15) is 22.4 Å².